The number of rotatable bonds is 7. The highest BCUT2D eigenvalue weighted by Gasteiger charge is 2.18. The molecule has 0 radical (unpaired) electrons. The second-order valence-corrected chi connectivity index (χ2v) is 5.22. The number of H-pyrrole nitrogens is 1. The van der Waals surface area contributed by atoms with E-state index in [-0.39, 0.29) is 17.5 Å². The van der Waals surface area contributed by atoms with Crippen LogP contribution in [0.5, 0.6) is 5.88 Å². The summed E-state index contributed by atoms with van der Waals surface area (Å²) in [7, 11) is 0. The fourth-order valence-electron chi connectivity index (χ4n) is 2.13. The molecule has 0 saturated carbocycles. The number of hydrogen-bond donors (Lipinski definition) is 2. The van der Waals surface area contributed by atoms with Gasteiger partial charge in [0.1, 0.15) is 6.61 Å². The summed E-state index contributed by atoms with van der Waals surface area (Å²) in [5, 5.41) is 14.1. The van der Waals surface area contributed by atoms with Gasteiger partial charge in [-0.1, -0.05) is 43.8 Å². The maximum Gasteiger partial charge on any atom is 0.333 e. The molecule has 0 spiro atoms. The lowest BCUT2D eigenvalue weighted by atomic mass is 10.1. The van der Waals surface area contributed by atoms with E-state index in [4.69, 9.17) is 4.84 Å². The van der Waals surface area contributed by atoms with Crippen LogP contribution >= 0.6 is 0 Å². The summed E-state index contributed by atoms with van der Waals surface area (Å²) in [5.74, 6) is 0.0393. The van der Waals surface area contributed by atoms with Gasteiger partial charge in [-0.15, -0.1) is 0 Å². The van der Waals surface area contributed by atoms with Crippen molar-refractivity contribution in [2.45, 2.75) is 26.2 Å². The van der Waals surface area contributed by atoms with Crippen LogP contribution in [0, 0.1) is 0 Å². The molecular weight excluding hydrogens is 294 g/mol. The van der Waals surface area contributed by atoms with E-state index in [2.05, 4.69) is 16.7 Å². The summed E-state index contributed by atoms with van der Waals surface area (Å²) in [5.41, 5.74) is 1.61. The molecule has 2 N–H and O–H groups in total. The fourth-order valence-corrected chi connectivity index (χ4v) is 2.13. The van der Waals surface area contributed by atoms with Crippen molar-refractivity contribution in [3.63, 3.8) is 0 Å². The van der Waals surface area contributed by atoms with Gasteiger partial charge in [0.05, 0.1) is 17.6 Å². The van der Waals surface area contributed by atoms with E-state index >= 15 is 0 Å². The van der Waals surface area contributed by atoms with Gasteiger partial charge in [0.25, 0.3) is 0 Å². The van der Waals surface area contributed by atoms with Crippen molar-refractivity contribution >= 4 is 6.21 Å². The standard InChI is InChI=1S/C17H21N3O3/c1-4-10-23-18-11-13-6-8-14(9-7-13)20-16(21)15(12(3)5-2)19-17(20)22/h4,6-9,11-12,21H,1,5,10H2,2-3H3,(H,19,22). The first-order chi connectivity index (χ1) is 11.1. The average molecular weight is 315 g/mol. The lowest BCUT2D eigenvalue weighted by molar-refractivity contribution is 0.176. The maximum atomic E-state index is 12.1. The molecule has 1 aromatic heterocycles. The maximum absolute atomic E-state index is 12.1. The number of aromatic hydroxyl groups is 1. The van der Waals surface area contributed by atoms with E-state index in [1.165, 1.54) is 4.57 Å². The van der Waals surface area contributed by atoms with Crippen LogP contribution < -0.4 is 5.69 Å². The second kappa shape index (κ2) is 7.49. The average Bonchev–Trinajstić information content (AvgIpc) is 2.86. The van der Waals surface area contributed by atoms with Gasteiger partial charge in [-0.2, -0.15) is 0 Å². The summed E-state index contributed by atoms with van der Waals surface area (Å²) >= 11 is 0. The summed E-state index contributed by atoms with van der Waals surface area (Å²) < 4.78 is 1.26. The van der Waals surface area contributed by atoms with Crippen molar-refractivity contribution in [3.05, 3.63) is 58.7 Å². The first-order valence-electron chi connectivity index (χ1n) is 7.49. The van der Waals surface area contributed by atoms with Crippen molar-refractivity contribution in [2.75, 3.05) is 6.61 Å². The van der Waals surface area contributed by atoms with Gasteiger partial charge in [0.2, 0.25) is 5.88 Å². The van der Waals surface area contributed by atoms with Crippen molar-refractivity contribution in [1.29, 1.82) is 0 Å². The summed E-state index contributed by atoms with van der Waals surface area (Å²) in [6.07, 6.45) is 4.00. The largest absolute Gasteiger partial charge is 0.493 e. The van der Waals surface area contributed by atoms with Crippen LogP contribution in [-0.2, 0) is 4.84 Å². The Hall–Kier alpha value is -2.76. The molecule has 0 aliphatic carbocycles. The van der Waals surface area contributed by atoms with Crippen molar-refractivity contribution in [2.24, 2.45) is 5.16 Å². The number of hydrogen-bond acceptors (Lipinski definition) is 4. The topological polar surface area (TPSA) is 79.6 Å². The minimum absolute atomic E-state index is 0.0416. The van der Waals surface area contributed by atoms with Crippen LogP contribution in [-0.4, -0.2) is 27.5 Å². The van der Waals surface area contributed by atoms with Crippen molar-refractivity contribution in [3.8, 4) is 11.6 Å². The van der Waals surface area contributed by atoms with E-state index < -0.39 is 0 Å². The van der Waals surface area contributed by atoms with E-state index in [0.29, 0.717) is 18.0 Å². The molecule has 0 fully saturated rings. The molecule has 122 valence electrons. The van der Waals surface area contributed by atoms with E-state index in [9.17, 15) is 9.90 Å². The smallest absolute Gasteiger partial charge is 0.333 e. The summed E-state index contributed by atoms with van der Waals surface area (Å²) in [6, 6.07) is 7.06. The van der Waals surface area contributed by atoms with Gasteiger partial charge in [0, 0.05) is 5.92 Å². The highest BCUT2D eigenvalue weighted by Crippen LogP contribution is 2.26. The minimum atomic E-state index is -0.353. The Morgan fingerprint density at radius 1 is 1.43 bits per heavy atom. The van der Waals surface area contributed by atoms with Crippen LogP contribution in [0.1, 0.15) is 37.4 Å². The summed E-state index contributed by atoms with van der Waals surface area (Å²) in [6.45, 7) is 7.84. The number of aromatic nitrogens is 2. The third-order valence-corrected chi connectivity index (χ3v) is 3.62. The molecule has 2 aromatic rings. The zero-order valence-electron chi connectivity index (χ0n) is 13.3. The Balaban J connectivity index is 2.26. The molecule has 0 aliphatic rings. The number of imidazole rings is 1. The molecule has 0 saturated heterocycles. The number of benzene rings is 1. The molecule has 2 rings (SSSR count). The quantitative estimate of drug-likeness (QED) is 0.357. The van der Waals surface area contributed by atoms with E-state index in [1.807, 2.05) is 13.8 Å². The molecule has 1 heterocycles. The van der Waals surface area contributed by atoms with Crippen LogP contribution in [0.2, 0.25) is 0 Å². The first kappa shape index (κ1) is 16.6. The second-order valence-electron chi connectivity index (χ2n) is 5.22. The third-order valence-electron chi connectivity index (χ3n) is 3.62. The van der Waals surface area contributed by atoms with Gasteiger partial charge in [-0.3, -0.25) is 0 Å². The third kappa shape index (κ3) is 3.71. The fraction of sp³-hybridized carbons (Fsp3) is 0.294. The van der Waals surface area contributed by atoms with E-state index in [1.54, 1.807) is 36.6 Å². The minimum Gasteiger partial charge on any atom is -0.493 e. The Labute approximate surface area is 134 Å². The van der Waals surface area contributed by atoms with Crippen LogP contribution in [0.3, 0.4) is 0 Å². The van der Waals surface area contributed by atoms with Gasteiger partial charge in [-0.25, -0.2) is 9.36 Å². The highest BCUT2D eigenvalue weighted by atomic mass is 16.6. The molecular formula is C17H21N3O3. The summed E-state index contributed by atoms with van der Waals surface area (Å²) in [4.78, 5) is 19.8. The molecule has 0 aliphatic heterocycles. The van der Waals surface area contributed by atoms with Gasteiger partial charge in [-0.05, 0) is 24.1 Å². The molecule has 0 bridgehead atoms. The monoisotopic (exact) mass is 315 g/mol. The van der Waals surface area contributed by atoms with Crippen molar-refractivity contribution in [1.82, 2.24) is 9.55 Å². The lowest BCUT2D eigenvalue weighted by Crippen LogP contribution is -2.14. The number of nitrogens with one attached hydrogen (secondary N) is 1. The van der Waals surface area contributed by atoms with Crippen LogP contribution in [0.25, 0.3) is 5.69 Å². The Bertz CT molecular complexity index is 741. The van der Waals surface area contributed by atoms with Crippen LogP contribution in [0.15, 0.2) is 46.9 Å². The van der Waals surface area contributed by atoms with E-state index in [0.717, 1.165) is 12.0 Å². The van der Waals surface area contributed by atoms with Gasteiger partial charge >= 0.3 is 5.69 Å². The molecule has 6 heteroatoms. The first-order valence-corrected chi connectivity index (χ1v) is 7.49. The molecule has 1 aromatic carbocycles. The molecule has 0 amide bonds. The zero-order valence-corrected chi connectivity index (χ0v) is 13.3. The number of oxime groups is 1. The Morgan fingerprint density at radius 3 is 2.74 bits per heavy atom. The predicted molar refractivity (Wildman–Crippen MR) is 90.5 cm³/mol. The SMILES string of the molecule is C=CCON=Cc1ccc(-n2c(O)c(C(C)CC)[nH]c2=O)cc1. The number of aromatic amines is 1. The predicted octanol–water partition coefficient (Wildman–Crippen LogP) is 2.92. The number of nitrogens with zero attached hydrogens (tertiary/aromatic N) is 2. The Kier molecular flexibility index (Phi) is 5.41. The molecule has 23 heavy (non-hydrogen) atoms. The lowest BCUT2D eigenvalue weighted by Gasteiger charge is -2.07. The molecule has 6 nitrogen and oxygen atoms in total. The molecule has 1 atom stereocenters. The van der Waals surface area contributed by atoms with Crippen molar-refractivity contribution < 1.29 is 9.94 Å². The highest BCUT2D eigenvalue weighted by molar-refractivity contribution is 5.79. The normalized spacial score (nSPS) is 12.4. The molecule has 1 unspecified atom stereocenters. The van der Waals surface area contributed by atoms with Gasteiger partial charge < -0.3 is 14.9 Å². The Morgan fingerprint density at radius 2 is 2.13 bits per heavy atom. The van der Waals surface area contributed by atoms with Crippen LogP contribution in [0.4, 0.5) is 0 Å². The van der Waals surface area contributed by atoms with Gasteiger partial charge in [0.15, 0.2) is 0 Å². The zero-order chi connectivity index (χ0) is 16.8.